The van der Waals surface area contributed by atoms with Gasteiger partial charge in [0.2, 0.25) is 0 Å². The molecule has 84 valence electrons. The summed E-state index contributed by atoms with van der Waals surface area (Å²) in [5.74, 6) is 1.83. The summed E-state index contributed by atoms with van der Waals surface area (Å²) >= 11 is 0. The average Bonchev–Trinajstić information content (AvgIpc) is 2.64. The van der Waals surface area contributed by atoms with Crippen LogP contribution in [0.25, 0.3) is 0 Å². The maximum atomic E-state index is 3.68. The zero-order valence-corrected chi connectivity index (χ0v) is 10.2. The normalized spacial score (nSPS) is 20.6. The van der Waals surface area contributed by atoms with E-state index in [0.717, 1.165) is 17.9 Å². The molecule has 1 nitrogen and oxygen atoms in total. The highest BCUT2D eigenvalue weighted by molar-refractivity contribution is 4.76. The van der Waals surface area contributed by atoms with Crippen molar-refractivity contribution in [3.05, 3.63) is 0 Å². The van der Waals surface area contributed by atoms with Gasteiger partial charge in [-0.2, -0.15) is 0 Å². The molecule has 0 aromatic carbocycles. The van der Waals surface area contributed by atoms with Gasteiger partial charge >= 0.3 is 0 Å². The first-order valence-corrected chi connectivity index (χ1v) is 6.43. The Hall–Kier alpha value is -0.0400. The minimum Gasteiger partial charge on any atom is -0.314 e. The van der Waals surface area contributed by atoms with E-state index < -0.39 is 0 Å². The van der Waals surface area contributed by atoms with Crippen LogP contribution >= 0.6 is 0 Å². The Morgan fingerprint density at radius 1 is 1.14 bits per heavy atom. The van der Waals surface area contributed by atoms with Gasteiger partial charge in [-0.25, -0.2) is 0 Å². The van der Waals surface area contributed by atoms with Crippen LogP contribution in [0, 0.1) is 11.8 Å². The third kappa shape index (κ3) is 4.45. The molecule has 1 fully saturated rings. The summed E-state index contributed by atoms with van der Waals surface area (Å²) in [6.45, 7) is 8.20. The second kappa shape index (κ2) is 6.44. The van der Waals surface area contributed by atoms with Crippen molar-refractivity contribution in [2.24, 2.45) is 11.8 Å². The second-order valence-corrected chi connectivity index (χ2v) is 5.32. The fraction of sp³-hybridized carbons (Fsp3) is 1.00. The van der Waals surface area contributed by atoms with Gasteiger partial charge in [-0.05, 0) is 51.0 Å². The summed E-state index contributed by atoms with van der Waals surface area (Å²) in [6, 6.07) is 0.754. The van der Waals surface area contributed by atoms with E-state index in [1.165, 1.54) is 45.1 Å². The van der Waals surface area contributed by atoms with E-state index in [1.807, 2.05) is 0 Å². The van der Waals surface area contributed by atoms with Crippen molar-refractivity contribution in [3.8, 4) is 0 Å². The number of hydrogen-bond acceptors (Lipinski definition) is 1. The molecule has 0 heterocycles. The Labute approximate surface area is 89.7 Å². The lowest BCUT2D eigenvalue weighted by Crippen LogP contribution is -2.33. The summed E-state index contributed by atoms with van der Waals surface area (Å²) in [5.41, 5.74) is 0. The van der Waals surface area contributed by atoms with Gasteiger partial charge in [-0.1, -0.05) is 26.7 Å². The number of hydrogen-bond donors (Lipinski definition) is 1. The molecule has 0 spiro atoms. The lowest BCUT2D eigenvalue weighted by atomic mass is 9.99. The quantitative estimate of drug-likeness (QED) is 0.642. The fourth-order valence-electron chi connectivity index (χ4n) is 2.46. The second-order valence-electron chi connectivity index (χ2n) is 5.32. The van der Waals surface area contributed by atoms with E-state index in [0.29, 0.717) is 0 Å². The summed E-state index contributed by atoms with van der Waals surface area (Å²) in [5, 5.41) is 3.68. The van der Waals surface area contributed by atoms with Crippen LogP contribution in [0.3, 0.4) is 0 Å². The van der Waals surface area contributed by atoms with Crippen LogP contribution in [-0.4, -0.2) is 12.6 Å². The molecule has 1 heteroatoms. The SMILES string of the molecule is CC(C)CCCN[C@@H](C)C1CCCC1. The van der Waals surface area contributed by atoms with Crippen molar-refractivity contribution in [2.75, 3.05) is 6.54 Å². The molecule has 0 unspecified atom stereocenters. The third-order valence-electron chi connectivity index (χ3n) is 3.53. The summed E-state index contributed by atoms with van der Waals surface area (Å²) < 4.78 is 0. The molecule has 1 aliphatic carbocycles. The lowest BCUT2D eigenvalue weighted by molar-refractivity contribution is 0.374. The minimum absolute atomic E-state index is 0.754. The first kappa shape index (κ1) is 12.0. The Balaban J connectivity index is 1.99. The molecule has 1 saturated carbocycles. The molecule has 0 bridgehead atoms. The molecule has 0 saturated heterocycles. The summed E-state index contributed by atoms with van der Waals surface area (Å²) in [7, 11) is 0. The monoisotopic (exact) mass is 197 g/mol. The van der Waals surface area contributed by atoms with Crippen LogP contribution in [0.1, 0.15) is 59.3 Å². The van der Waals surface area contributed by atoms with Gasteiger partial charge < -0.3 is 5.32 Å². The molecule has 0 radical (unpaired) electrons. The highest BCUT2D eigenvalue weighted by Gasteiger charge is 2.20. The van der Waals surface area contributed by atoms with E-state index in [4.69, 9.17) is 0 Å². The topological polar surface area (TPSA) is 12.0 Å². The molecular formula is C13H27N. The van der Waals surface area contributed by atoms with Crippen molar-refractivity contribution in [3.63, 3.8) is 0 Å². The van der Waals surface area contributed by atoms with Gasteiger partial charge in [0, 0.05) is 6.04 Å². The maximum Gasteiger partial charge on any atom is 0.00669 e. The largest absolute Gasteiger partial charge is 0.314 e. The van der Waals surface area contributed by atoms with Crippen molar-refractivity contribution >= 4 is 0 Å². The Morgan fingerprint density at radius 3 is 2.36 bits per heavy atom. The standard InChI is InChI=1S/C13H27N/c1-11(2)7-6-10-14-12(3)13-8-4-5-9-13/h11-14H,4-10H2,1-3H3/t12-/m0/s1. The van der Waals surface area contributed by atoms with Crippen molar-refractivity contribution in [2.45, 2.75) is 65.3 Å². The molecule has 1 aliphatic rings. The molecule has 0 amide bonds. The first-order valence-electron chi connectivity index (χ1n) is 6.43. The molecule has 1 N–H and O–H groups in total. The summed E-state index contributed by atoms with van der Waals surface area (Å²) in [6.07, 6.45) is 8.54. The van der Waals surface area contributed by atoms with Gasteiger partial charge in [0.15, 0.2) is 0 Å². The number of rotatable bonds is 6. The van der Waals surface area contributed by atoms with E-state index >= 15 is 0 Å². The van der Waals surface area contributed by atoms with Gasteiger partial charge in [0.05, 0.1) is 0 Å². The fourth-order valence-corrected chi connectivity index (χ4v) is 2.46. The number of nitrogens with one attached hydrogen (secondary N) is 1. The first-order chi connectivity index (χ1) is 6.70. The predicted molar refractivity (Wildman–Crippen MR) is 63.5 cm³/mol. The van der Waals surface area contributed by atoms with Crippen LogP contribution in [0.2, 0.25) is 0 Å². The van der Waals surface area contributed by atoms with Gasteiger partial charge in [0.1, 0.15) is 0 Å². The predicted octanol–water partition coefficient (Wildman–Crippen LogP) is 3.59. The maximum absolute atomic E-state index is 3.68. The zero-order valence-electron chi connectivity index (χ0n) is 10.2. The van der Waals surface area contributed by atoms with Gasteiger partial charge in [-0.3, -0.25) is 0 Å². The Bertz CT molecular complexity index is 136. The van der Waals surface area contributed by atoms with Gasteiger partial charge in [-0.15, -0.1) is 0 Å². The van der Waals surface area contributed by atoms with Crippen molar-refractivity contribution in [1.82, 2.24) is 5.32 Å². The molecule has 1 rings (SSSR count). The van der Waals surface area contributed by atoms with E-state index in [2.05, 4.69) is 26.1 Å². The van der Waals surface area contributed by atoms with Crippen LogP contribution in [0.5, 0.6) is 0 Å². The lowest BCUT2D eigenvalue weighted by Gasteiger charge is -2.20. The molecule has 14 heavy (non-hydrogen) atoms. The van der Waals surface area contributed by atoms with E-state index in [1.54, 1.807) is 0 Å². The van der Waals surface area contributed by atoms with E-state index in [-0.39, 0.29) is 0 Å². The highest BCUT2D eigenvalue weighted by atomic mass is 14.9. The molecule has 1 atom stereocenters. The van der Waals surface area contributed by atoms with Crippen LogP contribution in [-0.2, 0) is 0 Å². The van der Waals surface area contributed by atoms with E-state index in [9.17, 15) is 0 Å². The Kier molecular flexibility index (Phi) is 5.54. The van der Waals surface area contributed by atoms with Crippen LogP contribution in [0.4, 0.5) is 0 Å². The molecule has 0 aromatic rings. The van der Waals surface area contributed by atoms with Crippen molar-refractivity contribution in [1.29, 1.82) is 0 Å². The van der Waals surface area contributed by atoms with Gasteiger partial charge in [0.25, 0.3) is 0 Å². The highest BCUT2D eigenvalue weighted by Crippen LogP contribution is 2.27. The third-order valence-corrected chi connectivity index (χ3v) is 3.53. The van der Waals surface area contributed by atoms with Crippen LogP contribution < -0.4 is 5.32 Å². The Morgan fingerprint density at radius 2 is 1.79 bits per heavy atom. The van der Waals surface area contributed by atoms with Crippen LogP contribution in [0.15, 0.2) is 0 Å². The minimum atomic E-state index is 0.754. The zero-order chi connectivity index (χ0) is 10.4. The van der Waals surface area contributed by atoms with Crippen molar-refractivity contribution < 1.29 is 0 Å². The average molecular weight is 197 g/mol. The molecule has 0 aliphatic heterocycles. The molecule has 0 aromatic heterocycles. The summed E-state index contributed by atoms with van der Waals surface area (Å²) in [4.78, 5) is 0. The smallest absolute Gasteiger partial charge is 0.00669 e. The molecular weight excluding hydrogens is 170 g/mol.